The molecule has 0 radical (unpaired) electrons. The zero-order valence-corrected chi connectivity index (χ0v) is 15.7. The van der Waals surface area contributed by atoms with E-state index in [0.29, 0.717) is 12.4 Å². The van der Waals surface area contributed by atoms with E-state index < -0.39 is 6.04 Å². The number of benzene rings is 1. The van der Waals surface area contributed by atoms with Gasteiger partial charge < -0.3 is 20.7 Å². The zero-order chi connectivity index (χ0) is 17.4. The van der Waals surface area contributed by atoms with Crippen LogP contribution in [0.15, 0.2) is 24.3 Å². The molecule has 2 amide bonds. The predicted molar refractivity (Wildman–Crippen MR) is 100 cm³/mol. The highest BCUT2D eigenvalue weighted by molar-refractivity contribution is 5.85. The van der Waals surface area contributed by atoms with Crippen LogP contribution in [0.25, 0.3) is 0 Å². The first-order chi connectivity index (χ1) is 11.6. The lowest BCUT2D eigenvalue weighted by Gasteiger charge is -2.26. The number of hydrogen-bond acceptors (Lipinski definition) is 4. The average Bonchev–Trinajstić information content (AvgIpc) is 2.55. The van der Waals surface area contributed by atoms with Crippen molar-refractivity contribution in [3.05, 3.63) is 29.8 Å². The minimum Gasteiger partial charge on any atom is -0.494 e. The normalized spacial score (nSPS) is 17.8. The van der Waals surface area contributed by atoms with Crippen molar-refractivity contribution in [3.63, 3.8) is 0 Å². The van der Waals surface area contributed by atoms with E-state index in [1.54, 1.807) is 0 Å². The number of hydrogen-bond donors (Lipinski definition) is 3. The summed E-state index contributed by atoms with van der Waals surface area (Å²) in [5.74, 6) is 0.470. The van der Waals surface area contributed by atoms with Crippen molar-refractivity contribution in [1.82, 2.24) is 16.0 Å². The molecular weight excluding hydrogens is 342 g/mol. The van der Waals surface area contributed by atoms with Gasteiger partial charge in [0, 0.05) is 25.1 Å². The molecule has 1 aromatic carbocycles. The molecule has 7 heteroatoms. The lowest BCUT2D eigenvalue weighted by molar-refractivity contribution is -0.123. The molecule has 1 saturated heterocycles. The maximum absolute atomic E-state index is 12.4. The highest BCUT2D eigenvalue weighted by Crippen LogP contribution is 2.27. The van der Waals surface area contributed by atoms with Crippen LogP contribution in [-0.4, -0.2) is 37.6 Å². The molecule has 2 atom stereocenters. The second kappa shape index (κ2) is 10.9. The van der Waals surface area contributed by atoms with Crippen LogP contribution in [0.2, 0.25) is 0 Å². The van der Waals surface area contributed by atoms with Crippen molar-refractivity contribution < 1.29 is 14.3 Å². The number of para-hydroxylation sites is 1. The van der Waals surface area contributed by atoms with Gasteiger partial charge in [0.25, 0.3) is 0 Å². The van der Waals surface area contributed by atoms with Crippen molar-refractivity contribution in [2.24, 2.45) is 0 Å². The molecule has 1 aromatic rings. The zero-order valence-electron chi connectivity index (χ0n) is 14.8. The van der Waals surface area contributed by atoms with Gasteiger partial charge in [-0.3, -0.25) is 9.59 Å². The van der Waals surface area contributed by atoms with E-state index in [4.69, 9.17) is 4.74 Å². The largest absolute Gasteiger partial charge is 0.494 e. The molecule has 0 spiro atoms. The van der Waals surface area contributed by atoms with Crippen LogP contribution < -0.4 is 20.7 Å². The predicted octanol–water partition coefficient (Wildman–Crippen LogP) is 1.94. The van der Waals surface area contributed by atoms with E-state index >= 15 is 0 Å². The van der Waals surface area contributed by atoms with Crippen molar-refractivity contribution in [3.8, 4) is 5.75 Å². The molecule has 6 nitrogen and oxygen atoms in total. The number of ether oxygens (including phenoxy) is 1. The molecule has 0 saturated carbocycles. The number of rotatable bonds is 7. The van der Waals surface area contributed by atoms with Crippen molar-refractivity contribution in [2.45, 2.75) is 45.2 Å². The fraction of sp³-hybridized carbons (Fsp3) is 0.556. The molecule has 0 aliphatic carbocycles. The van der Waals surface area contributed by atoms with Gasteiger partial charge >= 0.3 is 0 Å². The molecule has 3 N–H and O–H groups in total. The molecule has 1 fully saturated rings. The first-order valence-electron chi connectivity index (χ1n) is 8.59. The fourth-order valence-electron chi connectivity index (χ4n) is 2.99. The van der Waals surface area contributed by atoms with E-state index in [9.17, 15) is 9.59 Å². The van der Waals surface area contributed by atoms with Gasteiger partial charge in [-0.15, -0.1) is 12.4 Å². The van der Waals surface area contributed by atoms with E-state index in [0.717, 1.165) is 31.5 Å². The monoisotopic (exact) mass is 369 g/mol. The summed E-state index contributed by atoms with van der Waals surface area (Å²) in [6.45, 7) is 5.70. The maximum Gasteiger partial charge on any atom is 0.222 e. The second-order valence-electron chi connectivity index (χ2n) is 6.04. The van der Waals surface area contributed by atoms with Gasteiger partial charge in [-0.2, -0.15) is 0 Å². The molecule has 1 aliphatic heterocycles. The van der Waals surface area contributed by atoms with Gasteiger partial charge in [-0.25, -0.2) is 0 Å². The van der Waals surface area contributed by atoms with Crippen molar-refractivity contribution in [1.29, 1.82) is 0 Å². The Morgan fingerprint density at radius 3 is 2.76 bits per heavy atom. The minimum absolute atomic E-state index is 0. The van der Waals surface area contributed by atoms with Crippen LogP contribution >= 0.6 is 12.4 Å². The van der Waals surface area contributed by atoms with Crippen LogP contribution in [0.1, 0.15) is 44.7 Å². The van der Waals surface area contributed by atoms with Gasteiger partial charge in [0.1, 0.15) is 5.75 Å². The van der Waals surface area contributed by atoms with Crippen LogP contribution in [0.3, 0.4) is 0 Å². The van der Waals surface area contributed by atoms with Crippen molar-refractivity contribution in [2.75, 3.05) is 19.7 Å². The third kappa shape index (κ3) is 6.92. The molecule has 2 rings (SSSR count). The number of carbonyl (C=O) groups is 2. The number of amides is 2. The molecule has 25 heavy (non-hydrogen) atoms. The van der Waals surface area contributed by atoms with E-state index in [1.807, 2.05) is 31.2 Å². The van der Waals surface area contributed by atoms with Crippen LogP contribution in [0, 0.1) is 0 Å². The summed E-state index contributed by atoms with van der Waals surface area (Å²) < 4.78 is 5.64. The lowest BCUT2D eigenvalue weighted by atomic mass is 10.0. The minimum atomic E-state index is -0.401. The Kier molecular flexibility index (Phi) is 9.31. The molecule has 1 aliphatic rings. The quantitative estimate of drug-likeness (QED) is 0.686. The van der Waals surface area contributed by atoms with E-state index in [1.165, 1.54) is 6.92 Å². The first kappa shape index (κ1) is 21.3. The summed E-state index contributed by atoms with van der Waals surface area (Å²) in [4.78, 5) is 24.0. The smallest absolute Gasteiger partial charge is 0.222 e. The van der Waals surface area contributed by atoms with Crippen LogP contribution in [0.4, 0.5) is 0 Å². The Morgan fingerprint density at radius 1 is 1.36 bits per heavy atom. The Hall–Kier alpha value is -1.79. The van der Waals surface area contributed by atoms with Crippen LogP contribution in [-0.2, 0) is 9.59 Å². The van der Waals surface area contributed by atoms with Gasteiger partial charge in [0.2, 0.25) is 11.8 Å². The molecule has 1 unspecified atom stereocenters. The fourth-order valence-corrected chi connectivity index (χ4v) is 2.99. The summed E-state index contributed by atoms with van der Waals surface area (Å²) in [7, 11) is 0. The summed E-state index contributed by atoms with van der Waals surface area (Å²) >= 11 is 0. The van der Waals surface area contributed by atoms with Gasteiger partial charge in [0.15, 0.2) is 0 Å². The lowest BCUT2D eigenvalue weighted by Crippen LogP contribution is -2.46. The Bertz CT molecular complexity index is 562. The third-order valence-electron chi connectivity index (χ3n) is 4.02. The number of piperidine rings is 1. The SMILES string of the molecule is CCOc1ccccc1C(CC(=O)N[C@H]1CCCNC1)NC(C)=O.Cl. The standard InChI is InChI=1S/C18H27N3O3.ClH/c1-3-24-17-9-5-4-8-15(17)16(20-13(2)22)11-18(23)21-14-7-6-10-19-12-14;/h4-5,8-9,14,16,19H,3,6-7,10-12H2,1-2H3,(H,20,22)(H,21,23);1H/t14-,16?;/m0./s1. The van der Waals surface area contributed by atoms with Gasteiger partial charge in [0.05, 0.1) is 19.1 Å². The van der Waals surface area contributed by atoms with E-state index in [-0.39, 0.29) is 36.7 Å². The average molecular weight is 370 g/mol. The second-order valence-corrected chi connectivity index (χ2v) is 6.04. The summed E-state index contributed by atoms with van der Waals surface area (Å²) in [6.07, 6.45) is 2.24. The molecule has 1 heterocycles. The number of nitrogens with one attached hydrogen (secondary N) is 3. The van der Waals surface area contributed by atoms with Crippen molar-refractivity contribution >= 4 is 24.2 Å². The van der Waals surface area contributed by atoms with Crippen LogP contribution in [0.5, 0.6) is 5.75 Å². The number of halogens is 1. The molecular formula is C18H28ClN3O3. The number of carbonyl (C=O) groups excluding carboxylic acids is 2. The summed E-state index contributed by atoms with van der Waals surface area (Å²) in [6, 6.07) is 7.27. The Morgan fingerprint density at radius 2 is 2.12 bits per heavy atom. The Labute approximate surface area is 155 Å². The first-order valence-corrected chi connectivity index (χ1v) is 8.59. The Balaban J connectivity index is 0.00000312. The highest BCUT2D eigenvalue weighted by Gasteiger charge is 2.22. The van der Waals surface area contributed by atoms with E-state index in [2.05, 4.69) is 16.0 Å². The maximum atomic E-state index is 12.4. The third-order valence-corrected chi connectivity index (χ3v) is 4.02. The van der Waals surface area contributed by atoms with Gasteiger partial charge in [-0.1, -0.05) is 18.2 Å². The molecule has 0 bridgehead atoms. The molecule has 140 valence electrons. The summed E-state index contributed by atoms with van der Waals surface area (Å²) in [5.41, 5.74) is 0.825. The highest BCUT2D eigenvalue weighted by atomic mass is 35.5. The van der Waals surface area contributed by atoms with Gasteiger partial charge in [-0.05, 0) is 32.4 Å². The summed E-state index contributed by atoms with van der Waals surface area (Å²) in [5, 5.41) is 9.20. The molecule has 0 aromatic heterocycles. The topological polar surface area (TPSA) is 79.5 Å².